The second-order valence-electron chi connectivity index (χ2n) is 19.2. The van der Waals surface area contributed by atoms with Gasteiger partial charge >= 0.3 is 11.9 Å². The van der Waals surface area contributed by atoms with Gasteiger partial charge in [0.25, 0.3) is 0 Å². The minimum atomic E-state index is -1.48. The molecule has 4 aliphatic heterocycles. The molecule has 0 spiro atoms. The molecule has 1 aromatic rings. The van der Waals surface area contributed by atoms with Crippen LogP contribution in [0.1, 0.15) is 95.3 Å². The average molecular weight is 1140 g/mol. The monoisotopic (exact) mass is 1140 g/mol. The largest absolute Gasteiger partial charge is 0.466 e. The first-order chi connectivity index (χ1) is 37.3. The molecule has 4 heterocycles. The lowest BCUT2D eigenvalue weighted by Crippen LogP contribution is -2.58. The van der Waals surface area contributed by atoms with Crippen LogP contribution in [0.25, 0.3) is 0 Å². The number of aliphatic hydroxyl groups is 16. The molecule has 28 heteroatoms. The first kappa shape index (κ1) is 71.1. The zero-order valence-electron chi connectivity index (χ0n) is 44.3. The van der Waals surface area contributed by atoms with E-state index in [1.165, 1.54) is 6.92 Å². The van der Waals surface area contributed by atoms with Crippen molar-refractivity contribution in [3.05, 3.63) is 35.9 Å². The Hall–Kier alpha value is -3.96. The summed E-state index contributed by atoms with van der Waals surface area (Å²) in [6, 6.07) is 8.52. The lowest BCUT2D eigenvalue weighted by molar-refractivity contribution is -0.229. The lowest BCUT2D eigenvalue weighted by atomic mass is 9.91. The summed E-state index contributed by atoms with van der Waals surface area (Å²) in [4.78, 5) is 68.8. The molecule has 1 aromatic carbocycles. The van der Waals surface area contributed by atoms with Crippen molar-refractivity contribution in [1.29, 1.82) is 0 Å². The van der Waals surface area contributed by atoms with E-state index < -0.39 is 149 Å². The highest BCUT2D eigenvalue weighted by Gasteiger charge is 2.47. The highest BCUT2D eigenvalue weighted by Crippen LogP contribution is 2.28. The van der Waals surface area contributed by atoms with Gasteiger partial charge in [-0.1, -0.05) is 30.3 Å². The van der Waals surface area contributed by atoms with Crippen LogP contribution in [0.15, 0.2) is 30.3 Å². The van der Waals surface area contributed by atoms with Crippen LogP contribution in [-0.2, 0) is 52.4 Å². The fourth-order valence-corrected chi connectivity index (χ4v) is 8.58. The van der Waals surface area contributed by atoms with Crippen LogP contribution < -0.4 is 0 Å². The first-order valence-corrected chi connectivity index (χ1v) is 26.0. The fraction of sp³-hybridized carbons (Fsp3) is 0.765. The third kappa shape index (κ3) is 22.7. The summed E-state index contributed by atoms with van der Waals surface area (Å²) in [5.74, 6) is -1.66. The summed E-state index contributed by atoms with van der Waals surface area (Å²) in [5, 5.41) is 152. The van der Waals surface area contributed by atoms with E-state index in [1.807, 2.05) is 0 Å². The molecule has 0 bridgehead atoms. The van der Waals surface area contributed by atoms with Gasteiger partial charge in [-0.15, -0.1) is 0 Å². The maximum atomic E-state index is 12.0. The second-order valence-corrected chi connectivity index (χ2v) is 19.2. The van der Waals surface area contributed by atoms with Crippen LogP contribution >= 0.6 is 0 Å². The molecule has 79 heavy (non-hydrogen) atoms. The maximum absolute atomic E-state index is 12.0. The van der Waals surface area contributed by atoms with Gasteiger partial charge in [0.1, 0.15) is 115 Å². The van der Waals surface area contributed by atoms with E-state index in [4.69, 9.17) is 48.8 Å². The van der Waals surface area contributed by atoms with Crippen LogP contribution in [0.3, 0.4) is 0 Å². The number of ether oxygens (including phenoxy) is 6. The van der Waals surface area contributed by atoms with Crippen LogP contribution in [0, 0.1) is 0 Å². The molecule has 454 valence electrons. The number of carbonyl (C=O) groups excluding carboxylic acids is 6. The standard InChI is InChI=1S/2C14H24O8.C14H18O6.C9H16O6/c2*1-2-21-11(17)5-3-4-8(16)6-9-12(18)14(20)13(19)10(7-15)22-9;15-7-11-13(18)14(19)12(17)10(20-11)6-9(16)8-4-2-1-3-5-8;1-4(11)2-5-7(12)9(14)8(13)6(3-10)15-5/h2*9-10,12-15,18-20H,2-7H2,1H3;1-5,10-15,17-19H,6-7H2;5-10,12-14H,2-3H2,1H3/t2*9-,10?,12?,13+,14+;10-,11?,12?,13+,14+;5-,6?,7?,8+,9+/m0000/s1. The summed E-state index contributed by atoms with van der Waals surface area (Å²) in [5.41, 5.74) is 0.476. The second kappa shape index (κ2) is 36.5. The number of Topliss-reactive ketones (excluding diaryl/α,β-unsaturated/α-hetero) is 4. The van der Waals surface area contributed by atoms with E-state index in [0.29, 0.717) is 18.4 Å². The highest BCUT2D eigenvalue weighted by molar-refractivity contribution is 5.96. The molecule has 0 aliphatic carbocycles. The summed E-state index contributed by atoms with van der Waals surface area (Å²) in [6.45, 7) is 3.28. The molecule has 4 aliphatic rings. The number of esters is 2. The van der Waals surface area contributed by atoms with Gasteiger partial charge in [-0.05, 0) is 33.6 Å². The topological polar surface area (TPSA) is 481 Å². The Kier molecular flexibility index (Phi) is 32.9. The molecule has 0 radical (unpaired) electrons. The Labute approximate surface area is 455 Å². The van der Waals surface area contributed by atoms with Gasteiger partial charge in [0.15, 0.2) is 5.78 Å². The van der Waals surface area contributed by atoms with E-state index in [1.54, 1.807) is 44.2 Å². The predicted molar refractivity (Wildman–Crippen MR) is 266 cm³/mol. The number of aliphatic hydroxyl groups excluding tert-OH is 16. The molecule has 0 aromatic heterocycles. The smallest absolute Gasteiger partial charge is 0.305 e. The highest BCUT2D eigenvalue weighted by atomic mass is 16.6. The molecule has 4 fully saturated rings. The average Bonchev–Trinajstić information content (AvgIpc) is 3.42. The van der Waals surface area contributed by atoms with Gasteiger partial charge in [-0.3, -0.25) is 28.8 Å². The van der Waals surface area contributed by atoms with Crippen LogP contribution in [-0.4, -0.2) is 278 Å². The minimum absolute atomic E-state index is 0.0541. The van der Waals surface area contributed by atoms with Crippen molar-refractivity contribution in [2.24, 2.45) is 0 Å². The van der Waals surface area contributed by atoms with E-state index in [-0.39, 0.29) is 99.7 Å². The maximum Gasteiger partial charge on any atom is 0.305 e. The minimum Gasteiger partial charge on any atom is -0.466 e. The zero-order valence-corrected chi connectivity index (χ0v) is 44.3. The zero-order chi connectivity index (χ0) is 59.7. The Morgan fingerprint density at radius 3 is 0.949 bits per heavy atom. The van der Waals surface area contributed by atoms with Crippen molar-refractivity contribution in [3.8, 4) is 0 Å². The number of rotatable bonds is 23. The van der Waals surface area contributed by atoms with E-state index in [0.717, 1.165) is 0 Å². The molecule has 4 saturated heterocycles. The van der Waals surface area contributed by atoms with Gasteiger partial charge in [-0.25, -0.2) is 0 Å². The Bertz CT molecular complexity index is 1880. The van der Waals surface area contributed by atoms with Gasteiger partial charge in [-0.2, -0.15) is 0 Å². The lowest BCUT2D eigenvalue weighted by Gasteiger charge is -2.39. The van der Waals surface area contributed by atoms with Crippen molar-refractivity contribution in [2.45, 2.75) is 207 Å². The molecule has 20 atom stereocenters. The summed E-state index contributed by atoms with van der Waals surface area (Å²) >= 11 is 0. The van der Waals surface area contributed by atoms with Crippen LogP contribution in [0.4, 0.5) is 0 Å². The van der Waals surface area contributed by atoms with Crippen LogP contribution in [0.2, 0.25) is 0 Å². The van der Waals surface area contributed by atoms with E-state index >= 15 is 0 Å². The van der Waals surface area contributed by atoms with E-state index in [2.05, 4.69) is 0 Å². The number of carbonyl (C=O) groups is 6. The van der Waals surface area contributed by atoms with Crippen molar-refractivity contribution in [1.82, 2.24) is 0 Å². The quantitative estimate of drug-likeness (QED) is 0.0358. The molecule has 0 amide bonds. The molecule has 16 N–H and O–H groups in total. The van der Waals surface area contributed by atoms with Crippen molar-refractivity contribution >= 4 is 35.1 Å². The van der Waals surface area contributed by atoms with Gasteiger partial charge in [0, 0.05) is 56.9 Å². The molecule has 8 unspecified atom stereocenters. The van der Waals surface area contributed by atoms with Crippen molar-refractivity contribution < 1.29 is 139 Å². The molecular weight excluding hydrogens is 1060 g/mol. The predicted octanol–water partition coefficient (Wildman–Crippen LogP) is -6.05. The molecule has 5 rings (SSSR count). The van der Waals surface area contributed by atoms with Crippen molar-refractivity contribution in [2.75, 3.05) is 39.6 Å². The van der Waals surface area contributed by atoms with Crippen molar-refractivity contribution in [3.63, 3.8) is 0 Å². The van der Waals surface area contributed by atoms with E-state index in [9.17, 15) is 90.0 Å². The fourth-order valence-electron chi connectivity index (χ4n) is 8.58. The SMILES string of the molecule is CC(=O)C[C@@H]1OC(CO)[C@@H](O)[C@H](O)C1O.CCOC(=O)CCCC(=O)C[C@@H]1OC(CO)[C@@H](O)[C@H](O)C1O.CCOC(=O)CCCC(=O)C[C@@H]1OC(CO)[C@@H](O)[C@H](O)C1O.O=C(C[C@@H]1OC(CO)[C@@H](O)[C@H](O)C1O)c1ccccc1. The third-order valence-electron chi connectivity index (χ3n) is 13.1. The third-order valence-corrected chi connectivity index (χ3v) is 13.1. The Morgan fingerprint density at radius 1 is 0.392 bits per heavy atom. The summed E-state index contributed by atoms with van der Waals surface area (Å²) < 4.78 is 30.4. The summed E-state index contributed by atoms with van der Waals surface area (Å²) in [6.07, 6.45) is -24.1. The number of ketones is 4. The van der Waals surface area contributed by atoms with Crippen LogP contribution in [0.5, 0.6) is 0 Å². The normalized spacial score (nSPS) is 34.2. The van der Waals surface area contributed by atoms with Gasteiger partial charge in [0.05, 0.1) is 64.1 Å². The van der Waals surface area contributed by atoms with Gasteiger partial charge < -0.3 is 110 Å². The molecule has 0 saturated carbocycles. The molecular formula is C51H82O28. The van der Waals surface area contributed by atoms with Gasteiger partial charge in [0.2, 0.25) is 0 Å². The molecule has 28 nitrogen and oxygen atoms in total. The Balaban J connectivity index is 0.000000363. The number of benzene rings is 1. The summed E-state index contributed by atoms with van der Waals surface area (Å²) in [7, 11) is 0. The first-order valence-electron chi connectivity index (χ1n) is 26.0. The number of hydrogen-bond acceptors (Lipinski definition) is 28. The number of hydrogen-bond donors (Lipinski definition) is 16. The Morgan fingerprint density at radius 2 is 0.671 bits per heavy atom.